The van der Waals surface area contributed by atoms with Crippen molar-refractivity contribution in [2.24, 2.45) is 0 Å². The zero-order chi connectivity index (χ0) is 22.7. The van der Waals surface area contributed by atoms with E-state index in [1.54, 1.807) is 0 Å². The van der Waals surface area contributed by atoms with Crippen LogP contribution in [0.3, 0.4) is 0 Å². The molecular formula is C24H39N3O3S. The zero-order valence-electron chi connectivity index (χ0n) is 19.0. The highest BCUT2D eigenvalue weighted by atomic mass is 32.1. The first-order valence-corrected chi connectivity index (χ1v) is 12.3. The molecule has 0 bridgehead atoms. The molecule has 2 N–H and O–H groups in total. The maximum absolute atomic E-state index is 12.1. The van der Waals surface area contributed by atoms with E-state index in [0.717, 1.165) is 12.8 Å². The number of benzene rings is 1. The number of carbonyl (C=O) groups is 1. The summed E-state index contributed by atoms with van der Waals surface area (Å²) < 4.78 is 0. The van der Waals surface area contributed by atoms with Gasteiger partial charge in [-0.2, -0.15) is 0 Å². The molecule has 1 aromatic carbocycles. The normalized spacial score (nSPS) is 10.6. The van der Waals surface area contributed by atoms with E-state index < -0.39 is 10.8 Å². The maximum atomic E-state index is 12.1. The Morgan fingerprint density at radius 2 is 1.42 bits per heavy atom. The van der Waals surface area contributed by atoms with Crippen molar-refractivity contribution in [3.63, 3.8) is 0 Å². The summed E-state index contributed by atoms with van der Waals surface area (Å²) in [5.74, 6) is -0.442. The molecule has 0 atom stereocenters. The Balaban J connectivity index is 1.96. The molecule has 1 rings (SSSR count). The second-order valence-corrected chi connectivity index (χ2v) is 8.52. The highest BCUT2D eigenvalue weighted by Crippen LogP contribution is 2.14. The van der Waals surface area contributed by atoms with Gasteiger partial charge < -0.3 is 5.32 Å². The van der Waals surface area contributed by atoms with Gasteiger partial charge in [-0.3, -0.25) is 20.2 Å². The molecule has 0 spiro atoms. The third-order valence-corrected chi connectivity index (χ3v) is 5.61. The van der Waals surface area contributed by atoms with Crippen LogP contribution in [0.4, 0.5) is 5.69 Å². The summed E-state index contributed by atoms with van der Waals surface area (Å²) in [7, 11) is 0. The highest BCUT2D eigenvalue weighted by molar-refractivity contribution is 7.80. The number of nitro groups is 1. The fourth-order valence-electron chi connectivity index (χ4n) is 3.50. The van der Waals surface area contributed by atoms with Gasteiger partial charge in [0.15, 0.2) is 5.11 Å². The third kappa shape index (κ3) is 13.8. The number of nitrogens with zero attached hydrogens (tertiary/aromatic N) is 1. The summed E-state index contributed by atoms with van der Waals surface area (Å²) >= 11 is 5.14. The molecule has 0 aliphatic heterocycles. The topological polar surface area (TPSA) is 84.3 Å². The molecule has 1 amide bonds. The molecule has 7 heteroatoms. The van der Waals surface area contributed by atoms with Gasteiger partial charge in [-0.15, -0.1) is 0 Å². The highest BCUT2D eigenvalue weighted by Gasteiger charge is 2.12. The van der Waals surface area contributed by atoms with Gasteiger partial charge in [0.05, 0.1) is 4.92 Å². The first kappa shape index (κ1) is 27.0. The van der Waals surface area contributed by atoms with Crippen LogP contribution in [0.15, 0.2) is 24.3 Å². The van der Waals surface area contributed by atoms with Gasteiger partial charge in [-0.1, -0.05) is 96.5 Å². The van der Waals surface area contributed by atoms with Gasteiger partial charge >= 0.3 is 0 Å². The van der Waals surface area contributed by atoms with Crippen LogP contribution in [0, 0.1) is 10.1 Å². The molecule has 0 fully saturated rings. The number of hydrogen-bond acceptors (Lipinski definition) is 4. The van der Waals surface area contributed by atoms with Crippen molar-refractivity contribution in [3.05, 3.63) is 39.9 Å². The van der Waals surface area contributed by atoms with E-state index in [2.05, 4.69) is 17.6 Å². The summed E-state index contributed by atoms with van der Waals surface area (Å²) in [5.41, 5.74) is 0.101. The van der Waals surface area contributed by atoms with Crippen LogP contribution in [0.1, 0.15) is 107 Å². The predicted molar refractivity (Wildman–Crippen MR) is 131 cm³/mol. The second kappa shape index (κ2) is 17.6. The minimum absolute atomic E-state index is 0.117. The molecule has 6 nitrogen and oxygen atoms in total. The van der Waals surface area contributed by atoms with Crippen LogP contribution < -0.4 is 10.6 Å². The number of nitrogens with one attached hydrogen (secondary N) is 2. The van der Waals surface area contributed by atoms with Gasteiger partial charge in [0.2, 0.25) is 0 Å². The number of hydrogen-bond donors (Lipinski definition) is 2. The number of rotatable bonds is 17. The fraction of sp³-hybridized carbons (Fsp3) is 0.667. The first-order valence-electron chi connectivity index (χ1n) is 11.9. The predicted octanol–water partition coefficient (Wildman–Crippen LogP) is 6.68. The van der Waals surface area contributed by atoms with Crippen molar-refractivity contribution in [1.82, 2.24) is 10.6 Å². The summed E-state index contributed by atoms with van der Waals surface area (Å²) in [5, 5.41) is 16.7. The van der Waals surface area contributed by atoms with Gasteiger partial charge in [-0.25, -0.2) is 0 Å². The summed E-state index contributed by atoms with van der Waals surface area (Å²) in [4.78, 5) is 22.4. The van der Waals surface area contributed by atoms with Crippen LogP contribution in [-0.4, -0.2) is 22.5 Å². The summed E-state index contributed by atoms with van der Waals surface area (Å²) in [6.07, 6.45) is 18.4. The molecule has 0 aliphatic carbocycles. The monoisotopic (exact) mass is 449 g/mol. The van der Waals surface area contributed by atoms with Crippen molar-refractivity contribution < 1.29 is 9.72 Å². The first-order chi connectivity index (χ1) is 15.0. The van der Waals surface area contributed by atoms with E-state index >= 15 is 0 Å². The number of carbonyl (C=O) groups excluding carboxylic acids is 1. The Hall–Kier alpha value is -2.02. The van der Waals surface area contributed by atoms with Crippen molar-refractivity contribution in [1.29, 1.82) is 0 Å². The number of non-ortho nitro benzene ring substituents is 1. The van der Waals surface area contributed by atoms with Gasteiger partial charge in [-0.05, 0) is 24.7 Å². The third-order valence-electron chi connectivity index (χ3n) is 5.36. The number of amides is 1. The Kier molecular flexibility index (Phi) is 15.4. The van der Waals surface area contributed by atoms with Gasteiger partial charge in [0.1, 0.15) is 0 Å². The SMILES string of the molecule is CCCCCCCCCCCCCCCCNC(=S)NC(=O)c1cccc([N+](=O)[O-])c1. The molecular weight excluding hydrogens is 410 g/mol. The molecule has 0 saturated carbocycles. The minimum Gasteiger partial charge on any atom is -0.362 e. The average Bonchev–Trinajstić information content (AvgIpc) is 2.76. The van der Waals surface area contributed by atoms with Crippen LogP contribution in [0.2, 0.25) is 0 Å². The van der Waals surface area contributed by atoms with Gasteiger partial charge in [0, 0.05) is 24.2 Å². The average molecular weight is 450 g/mol. The van der Waals surface area contributed by atoms with E-state index in [1.807, 2.05) is 0 Å². The molecule has 174 valence electrons. The minimum atomic E-state index is -0.525. The Labute approximate surface area is 192 Å². The number of unbranched alkanes of at least 4 members (excludes halogenated alkanes) is 13. The Morgan fingerprint density at radius 1 is 0.903 bits per heavy atom. The lowest BCUT2D eigenvalue weighted by molar-refractivity contribution is -0.384. The van der Waals surface area contributed by atoms with E-state index in [9.17, 15) is 14.9 Å². The molecule has 0 unspecified atom stereocenters. The lowest BCUT2D eigenvalue weighted by atomic mass is 10.0. The molecule has 0 saturated heterocycles. The second-order valence-electron chi connectivity index (χ2n) is 8.11. The molecule has 1 aromatic rings. The molecule has 0 radical (unpaired) electrons. The van der Waals surface area contributed by atoms with E-state index in [4.69, 9.17) is 12.2 Å². The van der Waals surface area contributed by atoms with Gasteiger partial charge in [0.25, 0.3) is 11.6 Å². The lowest BCUT2D eigenvalue weighted by Gasteiger charge is -2.09. The van der Waals surface area contributed by atoms with Crippen LogP contribution in [0.5, 0.6) is 0 Å². The summed E-state index contributed by atoms with van der Waals surface area (Å²) in [6.45, 7) is 2.97. The van der Waals surface area contributed by atoms with Crippen LogP contribution in [0.25, 0.3) is 0 Å². The van der Waals surface area contributed by atoms with Crippen molar-refractivity contribution in [2.45, 2.75) is 96.8 Å². The number of nitro benzene ring substituents is 1. The summed E-state index contributed by atoms with van der Waals surface area (Å²) in [6, 6.07) is 5.60. The van der Waals surface area contributed by atoms with E-state index in [0.29, 0.717) is 6.54 Å². The maximum Gasteiger partial charge on any atom is 0.270 e. The van der Waals surface area contributed by atoms with Crippen molar-refractivity contribution in [2.75, 3.05) is 6.54 Å². The largest absolute Gasteiger partial charge is 0.362 e. The van der Waals surface area contributed by atoms with Crippen LogP contribution >= 0.6 is 12.2 Å². The quantitative estimate of drug-likeness (QED) is 0.120. The van der Waals surface area contributed by atoms with Crippen molar-refractivity contribution >= 4 is 28.9 Å². The smallest absolute Gasteiger partial charge is 0.270 e. The molecule has 0 heterocycles. The fourth-order valence-corrected chi connectivity index (χ4v) is 3.70. The Morgan fingerprint density at radius 3 is 1.94 bits per heavy atom. The van der Waals surface area contributed by atoms with Crippen molar-refractivity contribution in [3.8, 4) is 0 Å². The van der Waals surface area contributed by atoms with E-state index in [-0.39, 0.29) is 16.4 Å². The molecule has 0 aliphatic rings. The number of thiocarbonyl (C=S) groups is 1. The van der Waals surface area contributed by atoms with E-state index in [1.165, 1.54) is 101 Å². The Bertz CT molecular complexity index is 667. The molecule has 0 aromatic heterocycles. The van der Waals surface area contributed by atoms with Crippen LogP contribution in [-0.2, 0) is 0 Å². The molecule has 31 heavy (non-hydrogen) atoms. The lowest BCUT2D eigenvalue weighted by Crippen LogP contribution is -2.39. The standard InChI is InChI=1S/C24H39N3O3S/c1-2-3-4-5-6-7-8-9-10-11-12-13-14-15-19-25-24(31)26-23(28)21-17-16-18-22(20-21)27(29)30/h16-18,20H,2-15,19H2,1H3,(H2,25,26,28,31). The zero-order valence-corrected chi connectivity index (χ0v) is 19.8.